The van der Waals surface area contributed by atoms with E-state index in [1.165, 1.54) is 38.8 Å². The number of hydrogen-bond donors (Lipinski definition) is 1. The van der Waals surface area contributed by atoms with Gasteiger partial charge in [-0.1, -0.05) is 36.2 Å². The van der Waals surface area contributed by atoms with E-state index >= 15 is 0 Å². The van der Waals surface area contributed by atoms with Crippen molar-refractivity contribution in [3.05, 3.63) is 45.7 Å². The van der Waals surface area contributed by atoms with E-state index in [1.54, 1.807) is 12.3 Å². The van der Waals surface area contributed by atoms with Crippen molar-refractivity contribution in [2.24, 2.45) is 17.8 Å². The minimum Gasteiger partial charge on any atom is -0.361 e. The third kappa shape index (κ3) is 6.42. The molecule has 0 amide bonds. The van der Waals surface area contributed by atoms with E-state index in [0.717, 1.165) is 42.3 Å². The van der Waals surface area contributed by atoms with Crippen molar-refractivity contribution in [1.29, 1.82) is 5.26 Å². The summed E-state index contributed by atoms with van der Waals surface area (Å²) >= 11 is 12.4. The number of likely N-dealkylation sites (tertiary alicyclic amines) is 1. The van der Waals surface area contributed by atoms with Gasteiger partial charge in [0, 0.05) is 35.7 Å². The SMILES string of the molecule is CC1CC(N2CCC[C@H](C3CN(c4cnc(C#N)c(N[C@H](C)c5ccc(Cl)cc5Cl)n4)C3)C2)C1.O=C=O. The molecule has 0 spiro atoms. The molecule has 8 nitrogen and oxygen atoms in total. The van der Waals surface area contributed by atoms with Gasteiger partial charge in [-0.3, -0.25) is 0 Å². The van der Waals surface area contributed by atoms with E-state index in [0.29, 0.717) is 21.8 Å². The Bertz CT molecular complexity index is 1170. The Balaban J connectivity index is 0.00000102. The Hall–Kier alpha value is -2.69. The van der Waals surface area contributed by atoms with Gasteiger partial charge in [0.25, 0.3) is 0 Å². The molecule has 2 atom stereocenters. The average molecular weight is 543 g/mol. The topological polar surface area (TPSA) is 102 Å². The van der Waals surface area contributed by atoms with Crippen LogP contribution in [0, 0.1) is 29.1 Å². The largest absolute Gasteiger partial charge is 0.373 e. The molecule has 0 radical (unpaired) electrons. The standard InChI is InChI=1S/C26H32Cl2N6.CO2/c1-16-8-21(9-16)33-7-3-4-18(13-33)19-14-34(15-19)25-12-30-24(11-29)26(32-25)31-17(2)22-6-5-20(27)10-23(22)28;2-1-3/h5-6,10,12,16-19,21H,3-4,7-9,13-15H2,1-2H3,(H,31,32);/t16?,17-,18+,21?;/m1./s1. The predicted molar refractivity (Wildman–Crippen MR) is 142 cm³/mol. The summed E-state index contributed by atoms with van der Waals surface area (Å²) in [5, 5.41) is 14.1. The maximum atomic E-state index is 9.56. The molecule has 1 aromatic heterocycles. The zero-order valence-corrected chi connectivity index (χ0v) is 22.7. The van der Waals surface area contributed by atoms with Crippen LogP contribution in [0.5, 0.6) is 0 Å². The third-order valence-electron chi connectivity index (χ3n) is 7.90. The van der Waals surface area contributed by atoms with Gasteiger partial charge in [-0.2, -0.15) is 14.9 Å². The van der Waals surface area contributed by atoms with Gasteiger partial charge in [-0.25, -0.2) is 9.97 Å². The van der Waals surface area contributed by atoms with Crippen LogP contribution in [0.25, 0.3) is 0 Å². The van der Waals surface area contributed by atoms with Crippen molar-refractivity contribution in [1.82, 2.24) is 14.9 Å². The Labute approximate surface area is 228 Å². The lowest BCUT2D eigenvalue weighted by Crippen LogP contribution is -2.56. The van der Waals surface area contributed by atoms with Gasteiger partial charge in [0.05, 0.1) is 12.2 Å². The summed E-state index contributed by atoms with van der Waals surface area (Å²) in [4.78, 5) is 30.5. The summed E-state index contributed by atoms with van der Waals surface area (Å²) in [5.41, 5.74) is 1.18. The van der Waals surface area contributed by atoms with Crippen molar-refractivity contribution < 1.29 is 9.59 Å². The molecule has 1 aliphatic carbocycles. The second kappa shape index (κ2) is 12.2. The molecule has 37 heavy (non-hydrogen) atoms. The summed E-state index contributed by atoms with van der Waals surface area (Å²) in [6.07, 6.45) is 7.38. The zero-order chi connectivity index (χ0) is 26.5. The molecule has 196 valence electrons. The molecular weight excluding hydrogens is 511 g/mol. The fraction of sp³-hybridized carbons (Fsp3) is 0.556. The minimum absolute atomic E-state index is 0.145. The number of nitrogens with one attached hydrogen (secondary N) is 1. The van der Waals surface area contributed by atoms with Crippen LogP contribution in [0.3, 0.4) is 0 Å². The van der Waals surface area contributed by atoms with Crippen LogP contribution in [0.1, 0.15) is 56.8 Å². The molecule has 3 fully saturated rings. The van der Waals surface area contributed by atoms with E-state index in [9.17, 15) is 5.26 Å². The van der Waals surface area contributed by atoms with Crippen LogP contribution in [0.2, 0.25) is 10.0 Å². The van der Waals surface area contributed by atoms with Gasteiger partial charge < -0.3 is 15.1 Å². The van der Waals surface area contributed by atoms with Gasteiger partial charge in [0.1, 0.15) is 11.9 Å². The van der Waals surface area contributed by atoms with Gasteiger partial charge in [-0.05, 0) is 74.6 Å². The summed E-state index contributed by atoms with van der Waals surface area (Å²) < 4.78 is 0. The molecule has 2 aliphatic heterocycles. The number of benzene rings is 1. The van der Waals surface area contributed by atoms with Gasteiger partial charge in [0.2, 0.25) is 0 Å². The first-order valence-electron chi connectivity index (χ1n) is 12.8. The maximum absolute atomic E-state index is 9.56. The fourth-order valence-electron chi connectivity index (χ4n) is 5.76. The number of nitrogens with zero attached hydrogens (tertiary/aromatic N) is 5. The van der Waals surface area contributed by atoms with Crippen molar-refractivity contribution in [3.8, 4) is 6.07 Å². The quantitative estimate of drug-likeness (QED) is 0.531. The van der Waals surface area contributed by atoms with E-state index in [4.69, 9.17) is 37.8 Å². The van der Waals surface area contributed by atoms with Gasteiger partial charge >= 0.3 is 6.15 Å². The van der Waals surface area contributed by atoms with Crippen LogP contribution in [-0.4, -0.2) is 53.2 Å². The first kappa shape index (κ1) is 27.3. The lowest BCUT2D eigenvalue weighted by Gasteiger charge is -2.50. The molecule has 0 unspecified atom stereocenters. The van der Waals surface area contributed by atoms with Crippen LogP contribution in [0.15, 0.2) is 24.4 Å². The van der Waals surface area contributed by atoms with Crippen molar-refractivity contribution >= 4 is 41.0 Å². The normalized spacial score (nSPS) is 24.4. The highest BCUT2D eigenvalue weighted by molar-refractivity contribution is 6.35. The number of carbonyl (C=O) groups excluding carboxylic acids is 2. The molecule has 3 heterocycles. The minimum atomic E-state index is -0.145. The summed E-state index contributed by atoms with van der Waals surface area (Å²) in [7, 11) is 0. The monoisotopic (exact) mass is 542 g/mol. The van der Waals surface area contributed by atoms with Crippen molar-refractivity contribution in [2.75, 3.05) is 36.4 Å². The summed E-state index contributed by atoms with van der Waals surface area (Å²) in [6, 6.07) is 8.26. The number of piperidine rings is 1. The molecular formula is C27H32Cl2N6O2. The van der Waals surface area contributed by atoms with Crippen molar-refractivity contribution in [3.63, 3.8) is 0 Å². The lowest BCUT2D eigenvalue weighted by atomic mass is 9.76. The van der Waals surface area contributed by atoms with E-state index < -0.39 is 0 Å². The molecule has 5 rings (SSSR count). The lowest BCUT2D eigenvalue weighted by molar-refractivity contribution is -0.191. The first-order valence-corrected chi connectivity index (χ1v) is 13.5. The van der Waals surface area contributed by atoms with Crippen LogP contribution >= 0.6 is 23.2 Å². The third-order valence-corrected chi connectivity index (χ3v) is 8.47. The molecule has 10 heteroatoms. The van der Waals surface area contributed by atoms with E-state index in [1.807, 2.05) is 19.1 Å². The summed E-state index contributed by atoms with van der Waals surface area (Å²) in [5.74, 6) is 3.70. The molecule has 3 aliphatic rings. The molecule has 0 bridgehead atoms. The number of anilines is 2. The predicted octanol–water partition coefficient (Wildman–Crippen LogP) is 5.19. The summed E-state index contributed by atoms with van der Waals surface area (Å²) in [6.45, 7) is 8.91. The molecule has 2 aromatic rings. The highest BCUT2D eigenvalue weighted by Crippen LogP contribution is 2.38. The van der Waals surface area contributed by atoms with Gasteiger partial charge in [-0.15, -0.1) is 0 Å². The van der Waals surface area contributed by atoms with Crippen LogP contribution in [-0.2, 0) is 9.59 Å². The number of nitriles is 1. The smallest absolute Gasteiger partial charge is 0.361 e. The number of rotatable bonds is 6. The maximum Gasteiger partial charge on any atom is 0.373 e. The Morgan fingerprint density at radius 1 is 1.16 bits per heavy atom. The van der Waals surface area contributed by atoms with Gasteiger partial charge in [0.15, 0.2) is 11.5 Å². The Morgan fingerprint density at radius 2 is 1.89 bits per heavy atom. The molecule has 1 N–H and O–H groups in total. The first-order chi connectivity index (χ1) is 17.8. The Morgan fingerprint density at radius 3 is 2.54 bits per heavy atom. The number of hydrogen-bond acceptors (Lipinski definition) is 8. The molecule has 1 saturated carbocycles. The molecule has 2 saturated heterocycles. The Kier molecular flexibility index (Phi) is 9.04. The van der Waals surface area contributed by atoms with Crippen LogP contribution in [0.4, 0.5) is 11.6 Å². The zero-order valence-electron chi connectivity index (χ0n) is 21.2. The number of halogens is 2. The number of aromatic nitrogens is 2. The second-order valence-corrected chi connectivity index (χ2v) is 11.3. The fourth-order valence-corrected chi connectivity index (χ4v) is 6.33. The second-order valence-electron chi connectivity index (χ2n) is 10.4. The molecule has 1 aromatic carbocycles. The van der Waals surface area contributed by atoms with Crippen molar-refractivity contribution in [2.45, 2.75) is 51.6 Å². The average Bonchev–Trinajstić information content (AvgIpc) is 2.82. The van der Waals surface area contributed by atoms with E-state index in [2.05, 4.69) is 33.1 Å². The van der Waals surface area contributed by atoms with Crippen LogP contribution < -0.4 is 10.2 Å². The highest BCUT2D eigenvalue weighted by atomic mass is 35.5. The highest BCUT2D eigenvalue weighted by Gasteiger charge is 2.39. The van der Waals surface area contributed by atoms with E-state index in [-0.39, 0.29) is 17.9 Å².